The normalized spacial score (nSPS) is 11.4. The number of para-hydroxylation sites is 1. The summed E-state index contributed by atoms with van der Waals surface area (Å²) >= 11 is 0. The van der Waals surface area contributed by atoms with Gasteiger partial charge in [-0.3, -0.25) is 0 Å². The molecule has 204 valence electrons. The SMILES string of the molecule is CC(F)(F)c1ccc(Cn2ncc(-c3c(N)[nH]c4ccccc34)n2)o1.Cc1nc(C(=O)O)c(-c2ccccc2)o1. The number of H-pyrrole nitrogens is 1. The zero-order valence-corrected chi connectivity index (χ0v) is 21.4. The van der Waals surface area contributed by atoms with Crippen LogP contribution in [0.5, 0.6) is 0 Å². The molecule has 10 nitrogen and oxygen atoms in total. The summed E-state index contributed by atoms with van der Waals surface area (Å²) in [5.41, 5.74) is 9.01. The number of aromatic nitrogens is 5. The number of halogens is 2. The predicted octanol–water partition coefficient (Wildman–Crippen LogP) is 6.11. The van der Waals surface area contributed by atoms with E-state index in [2.05, 4.69) is 20.2 Å². The lowest BCUT2D eigenvalue weighted by atomic mass is 10.1. The van der Waals surface area contributed by atoms with Gasteiger partial charge < -0.3 is 24.7 Å². The number of anilines is 1. The fourth-order valence-electron chi connectivity index (χ4n) is 4.12. The van der Waals surface area contributed by atoms with Gasteiger partial charge in [-0.1, -0.05) is 48.5 Å². The van der Waals surface area contributed by atoms with E-state index in [1.807, 2.05) is 42.5 Å². The summed E-state index contributed by atoms with van der Waals surface area (Å²) in [4.78, 5) is 19.2. The number of aryl methyl sites for hydroxylation is 1. The number of hydrogen-bond acceptors (Lipinski definition) is 7. The number of aromatic carboxylic acids is 1. The highest BCUT2D eigenvalue weighted by Gasteiger charge is 2.28. The number of hydrogen-bond donors (Lipinski definition) is 3. The summed E-state index contributed by atoms with van der Waals surface area (Å²) in [5.74, 6) is -2.96. The number of aromatic amines is 1. The fourth-order valence-corrected chi connectivity index (χ4v) is 4.12. The number of oxazole rings is 1. The molecule has 6 rings (SSSR count). The molecule has 0 aliphatic rings. The van der Waals surface area contributed by atoms with E-state index >= 15 is 0 Å². The first kappa shape index (κ1) is 26.4. The number of furan rings is 1. The summed E-state index contributed by atoms with van der Waals surface area (Å²) in [6, 6.07) is 19.5. The average Bonchev–Trinajstić information content (AvgIpc) is 3.70. The minimum Gasteiger partial charge on any atom is -0.476 e. The van der Waals surface area contributed by atoms with Crippen molar-refractivity contribution in [3.05, 3.63) is 96.0 Å². The number of nitrogen functional groups attached to an aromatic ring is 1. The summed E-state index contributed by atoms with van der Waals surface area (Å²) in [7, 11) is 0. The van der Waals surface area contributed by atoms with Crippen molar-refractivity contribution in [1.82, 2.24) is 25.0 Å². The molecule has 0 unspecified atom stereocenters. The Labute approximate surface area is 226 Å². The topological polar surface area (TPSA) is 149 Å². The van der Waals surface area contributed by atoms with Crippen LogP contribution in [0.15, 0.2) is 81.8 Å². The summed E-state index contributed by atoms with van der Waals surface area (Å²) in [5, 5.41) is 18.4. The van der Waals surface area contributed by atoms with Crippen molar-refractivity contribution in [1.29, 1.82) is 0 Å². The molecule has 40 heavy (non-hydrogen) atoms. The van der Waals surface area contributed by atoms with Gasteiger partial charge >= 0.3 is 11.9 Å². The van der Waals surface area contributed by atoms with Crippen molar-refractivity contribution in [2.24, 2.45) is 0 Å². The van der Waals surface area contributed by atoms with Crippen LogP contribution in [0.4, 0.5) is 14.6 Å². The smallest absolute Gasteiger partial charge is 0.358 e. The van der Waals surface area contributed by atoms with Crippen LogP contribution >= 0.6 is 0 Å². The zero-order chi connectivity index (χ0) is 28.4. The van der Waals surface area contributed by atoms with Gasteiger partial charge in [0.1, 0.15) is 23.8 Å². The van der Waals surface area contributed by atoms with E-state index in [0.717, 1.165) is 29.0 Å². The largest absolute Gasteiger partial charge is 0.476 e. The minimum absolute atomic E-state index is 0.0429. The van der Waals surface area contributed by atoms with Crippen molar-refractivity contribution in [3.8, 4) is 22.6 Å². The molecule has 4 heterocycles. The number of benzene rings is 2. The molecular formula is C28H24F2N6O4. The van der Waals surface area contributed by atoms with Crippen molar-refractivity contribution in [3.63, 3.8) is 0 Å². The van der Waals surface area contributed by atoms with E-state index in [1.165, 1.54) is 16.9 Å². The molecule has 12 heteroatoms. The van der Waals surface area contributed by atoms with Crippen LogP contribution in [0.1, 0.15) is 34.8 Å². The van der Waals surface area contributed by atoms with Gasteiger partial charge in [0.25, 0.3) is 0 Å². The Morgan fingerprint density at radius 3 is 2.50 bits per heavy atom. The lowest BCUT2D eigenvalue weighted by Crippen LogP contribution is -2.05. The Hall–Kier alpha value is -5.26. The van der Waals surface area contributed by atoms with Crippen molar-refractivity contribution in [2.75, 3.05) is 5.73 Å². The molecule has 0 radical (unpaired) electrons. The van der Waals surface area contributed by atoms with E-state index in [9.17, 15) is 13.6 Å². The molecule has 0 spiro atoms. The lowest BCUT2D eigenvalue weighted by Gasteiger charge is -2.05. The maximum absolute atomic E-state index is 13.2. The van der Waals surface area contributed by atoms with E-state index in [4.69, 9.17) is 19.7 Å². The molecule has 0 saturated heterocycles. The Bertz CT molecular complexity index is 1780. The van der Waals surface area contributed by atoms with Gasteiger partial charge in [0, 0.05) is 30.3 Å². The Balaban J connectivity index is 0.000000184. The van der Waals surface area contributed by atoms with Crippen LogP contribution < -0.4 is 5.73 Å². The second-order valence-electron chi connectivity index (χ2n) is 8.96. The highest BCUT2D eigenvalue weighted by Crippen LogP contribution is 2.33. The van der Waals surface area contributed by atoms with Crippen LogP contribution in [-0.4, -0.2) is 36.0 Å². The molecular weight excluding hydrogens is 522 g/mol. The number of nitrogens with zero attached hydrogens (tertiary/aromatic N) is 4. The third-order valence-electron chi connectivity index (χ3n) is 5.89. The van der Waals surface area contributed by atoms with Crippen molar-refractivity contribution < 1.29 is 27.5 Å². The van der Waals surface area contributed by atoms with E-state index in [1.54, 1.807) is 25.3 Å². The van der Waals surface area contributed by atoms with E-state index < -0.39 is 11.9 Å². The second-order valence-corrected chi connectivity index (χ2v) is 8.96. The van der Waals surface area contributed by atoms with Crippen LogP contribution in [0.25, 0.3) is 33.5 Å². The number of carbonyl (C=O) groups is 1. The first-order valence-corrected chi connectivity index (χ1v) is 12.1. The number of alkyl halides is 2. The standard InChI is InChI=1S/C17H15F2N5O.C11H9NO3/c1-17(18,19)14-7-6-10(25-14)9-24-21-8-13(23-24)15-11-4-2-3-5-12(11)22-16(15)20;1-7-12-9(11(13)14)10(15-7)8-5-3-2-4-6-8/h2-8,22H,9,20H2,1H3;2-6H,1H3,(H,13,14). The van der Waals surface area contributed by atoms with Gasteiger partial charge in [0.15, 0.2) is 23.1 Å². The highest BCUT2D eigenvalue weighted by atomic mass is 19.3. The van der Waals surface area contributed by atoms with Gasteiger partial charge in [-0.05, 0) is 18.2 Å². The maximum atomic E-state index is 13.2. The average molecular weight is 547 g/mol. The lowest BCUT2D eigenvalue weighted by molar-refractivity contribution is -0.00641. The molecule has 0 saturated carbocycles. The monoisotopic (exact) mass is 546 g/mol. The highest BCUT2D eigenvalue weighted by molar-refractivity contribution is 6.00. The fraction of sp³-hybridized carbons (Fsp3) is 0.143. The zero-order valence-electron chi connectivity index (χ0n) is 21.4. The quantitative estimate of drug-likeness (QED) is 0.227. The summed E-state index contributed by atoms with van der Waals surface area (Å²) in [6.07, 6.45) is 1.59. The molecule has 4 aromatic heterocycles. The Morgan fingerprint density at radius 1 is 1.07 bits per heavy atom. The minimum atomic E-state index is -3.01. The summed E-state index contributed by atoms with van der Waals surface area (Å²) in [6.45, 7) is 2.57. The molecule has 0 amide bonds. The van der Waals surface area contributed by atoms with Gasteiger partial charge in [-0.15, -0.1) is 0 Å². The van der Waals surface area contributed by atoms with Gasteiger partial charge in [0.2, 0.25) is 0 Å². The molecule has 6 aromatic rings. The molecule has 0 aliphatic heterocycles. The van der Waals surface area contributed by atoms with Crippen molar-refractivity contribution >= 4 is 22.7 Å². The van der Waals surface area contributed by atoms with Crippen LogP contribution in [0.2, 0.25) is 0 Å². The number of rotatable bonds is 6. The van der Waals surface area contributed by atoms with Gasteiger partial charge in [-0.25, -0.2) is 9.78 Å². The van der Waals surface area contributed by atoms with E-state index in [0.29, 0.717) is 28.9 Å². The van der Waals surface area contributed by atoms with Crippen molar-refractivity contribution in [2.45, 2.75) is 26.3 Å². The number of carboxylic acid groups (broad SMARTS) is 1. The number of fused-ring (bicyclic) bond motifs is 1. The third-order valence-corrected chi connectivity index (χ3v) is 5.89. The molecule has 4 N–H and O–H groups in total. The Kier molecular flexibility index (Phi) is 6.91. The molecule has 0 aliphatic carbocycles. The molecule has 0 fully saturated rings. The Morgan fingerprint density at radius 2 is 1.80 bits per heavy atom. The molecule has 2 aromatic carbocycles. The summed E-state index contributed by atoms with van der Waals surface area (Å²) < 4.78 is 36.9. The first-order chi connectivity index (χ1) is 19.1. The number of nitrogens with two attached hydrogens (primary N) is 1. The second kappa shape index (κ2) is 10.5. The molecule has 0 bridgehead atoms. The van der Waals surface area contributed by atoms with Crippen LogP contribution in [-0.2, 0) is 12.5 Å². The van der Waals surface area contributed by atoms with Crippen LogP contribution in [0.3, 0.4) is 0 Å². The maximum Gasteiger partial charge on any atom is 0.358 e. The third kappa shape index (κ3) is 5.46. The number of carboxylic acids is 1. The van der Waals surface area contributed by atoms with Crippen LogP contribution in [0, 0.1) is 6.92 Å². The van der Waals surface area contributed by atoms with Gasteiger partial charge in [0.05, 0.1) is 11.8 Å². The first-order valence-electron chi connectivity index (χ1n) is 12.1. The van der Waals surface area contributed by atoms with E-state index in [-0.39, 0.29) is 18.0 Å². The molecule has 0 atom stereocenters. The van der Waals surface area contributed by atoms with Gasteiger partial charge in [-0.2, -0.15) is 23.8 Å². The number of nitrogens with one attached hydrogen (secondary N) is 1. The predicted molar refractivity (Wildman–Crippen MR) is 143 cm³/mol.